The van der Waals surface area contributed by atoms with Crippen molar-refractivity contribution in [3.8, 4) is 11.5 Å². The molecule has 0 amide bonds. The molecule has 11 heteroatoms. The summed E-state index contributed by atoms with van der Waals surface area (Å²) in [6, 6.07) is 2.64. The SMILES string of the molecule is COc1cc(OC)c([N+](=O)[O-])cc1/C=N\Nc1cnn(C)c(=O)c1Cl. The Balaban J connectivity index is 2.34. The van der Waals surface area contributed by atoms with Gasteiger partial charge in [0.2, 0.25) is 5.75 Å². The molecule has 0 spiro atoms. The standard InChI is InChI=1S/C14H14ClN5O5/c1-19-14(21)13(15)9(7-17-19)18-16-6-8-4-10(20(22)23)12(25-3)5-11(8)24-2/h4-7,18H,1-3H3/b16-6-. The molecule has 132 valence electrons. The van der Waals surface area contributed by atoms with Crippen LogP contribution in [0.15, 0.2) is 28.2 Å². The summed E-state index contributed by atoms with van der Waals surface area (Å²) in [7, 11) is 4.19. The first-order chi connectivity index (χ1) is 11.9. The predicted molar refractivity (Wildman–Crippen MR) is 91.9 cm³/mol. The Kier molecular flexibility index (Phi) is 5.55. The summed E-state index contributed by atoms with van der Waals surface area (Å²) >= 11 is 5.90. The summed E-state index contributed by atoms with van der Waals surface area (Å²) < 4.78 is 11.2. The fraction of sp³-hybridized carbons (Fsp3) is 0.214. The number of benzene rings is 1. The number of nitro benzene ring substituents is 1. The van der Waals surface area contributed by atoms with Gasteiger partial charge >= 0.3 is 5.69 Å². The van der Waals surface area contributed by atoms with E-state index >= 15 is 0 Å². The molecule has 1 heterocycles. The van der Waals surface area contributed by atoms with Crippen LogP contribution in [0.3, 0.4) is 0 Å². The number of hydrazone groups is 1. The highest BCUT2D eigenvalue weighted by molar-refractivity contribution is 6.32. The lowest BCUT2D eigenvalue weighted by Gasteiger charge is -2.08. The van der Waals surface area contributed by atoms with Gasteiger partial charge in [-0.15, -0.1) is 0 Å². The van der Waals surface area contributed by atoms with Crippen LogP contribution >= 0.6 is 11.6 Å². The van der Waals surface area contributed by atoms with E-state index in [1.54, 1.807) is 0 Å². The maximum absolute atomic E-state index is 11.7. The van der Waals surface area contributed by atoms with Crippen LogP contribution in [0, 0.1) is 10.1 Å². The van der Waals surface area contributed by atoms with Crippen LogP contribution in [-0.4, -0.2) is 35.1 Å². The van der Waals surface area contributed by atoms with Crippen LogP contribution < -0.4 is 20.5 Å². The number of ether oxygens (including phenoxy) is 2. The monoisotopic (exact) mass is 367 g/mol. The molecule has 0 radical (unpaired) electrons. The highest BCUT2D eigenvalue weighted by Crippen LogP contribution is 2.33. The molecule has 0 aliphatic heterocycles. The first-order valence-electron chi connectivity index (χ1n) is 6.80. The average Bonchev–Trinajstić information content (AvgIpc) is 2.61. The molecule has 1 aromatic carbocycles. The number of nitrogens with zero attached hydrogens (tertiary/aromatic N) is 4. The molecule has 0 atom stereocenters. The van der Waals surface area contributed by atoms with Crippen molar-refractivity contribution in [2.75, 3.05) is 19.6 Å². The molecule has 2 rings (SSSR count). The van der Waals surface area contributed by atoms with Crippen molar-refractivity contribution in [3.05, 3.63) is 49.4 Å². The van der Waals surface area contributed by atoms with Gasteiger partial charge in [0, 0.05) is 24.7 Å². The van der Waals surface area contributed by atoms with Gasteiger partial charge in [0.25, 0.3) is 5.56 Å². The summed E-state index contributed by atoms with van der Waals surface area (Å²) in [6.45, 7) is 0. The van der Waals surface area contributed by atoms with E-state index < -0.39 is 10.5 Å². The molecular weight excluding hydrogens is 354 g/mol. The van der Waals surface area contributed by atoms with Crippen molar-refractivity contribution in [3.63, 3.8) is 0 Å². The van der Waals surface area contributed by atoms with Gasteiger partial charge in [0.05, 0.1) is 31.6 Å². The van der Waals surface area contributed by atoms with Gasteiger partial charge < -0.3 is 9.47 Å². The summed E-state index contributed by atoms with van der Waals surface area (Å²) in [5.41, 5.74) is 2.36. The minimum Gasteiger partial charge on any atom is -0.496 e. The first kappa shape index (κ1) is 18.2. The third-order valence-electron chi connectivity index (χ3n) is 3.19. The molecule has 0 aliphatic carbocycles. The predicted octanol–water partition coefficient (Wildman–Crippen LogP) is 1.81. The zero-order valence-corrected chi connectivity index (χ0v) is 14.3. The molecule has 0 unspecified atom stereocenters. The largest absolute Gasteiger partial charge is 0.496 e. The second kappa shape index (κ2) is 7.62. The summed E-state index contributed by atoms with van der Waals surface area (Å²) in [4.78, 5) is 22.2. The Morgan fingerprint density at radius 2 is 2.04 bits per heavy atom. The number of nitro groups is 1. The Hall–Kier alpha value is -3.14. The molecular formula is C14H14ClN5O5. The second-order valence-electron chi connectivity index (χ2n) is 4.69. The second-order valence-corrected chi connectivity index (χ2v) is 5.07. The number of aromatic nitrogens is 2. The Bertz CT molecular complexity index is 896. The number of methoxy groups -OCH3 is 2. The third-order valence-corrected chi connectivity index (χ3v) is 3.56. The molecule has 0 saturated carbocycles. The highest BCUT2D eigenvalue weighted by atomic mass is 35.5. The van der Waals surface area contributed by atoms with Crippen LogP contribution in [0.2, 0.25) is 5.02 Å². The summed E-state index contributed by atoms with van der Waals surface area (Å²) in [5, 5.41) is 18.8. The van der Waals surface area contributed by atoms with Crippen LogP contribution in [0.5, 0.6) is 11.5 Å². The van der Waals surface area contributed by atoms with E-state index in [0.29, 0.717) is 11.3 Å². The molecule has 2 aromatic rings. The lowest BCUT2D eigenvalue weighted by molar-refractivity contribution is -0.385. The van der Waals surface area contributed by atoms with E-state index in [2.05, 4.69) is 15.6 Å². The molecule has 1 aromatic heterocycles. The van der Waals surface area contributed by atoms with E-state index in [1.165, 1.54) is 45.8 Å². The van der Waals surface area contributed by atoms with Gasteiger partial charge in [-0.05, 0) is 0 Å². The van der Waals surface area contributed by atoms with Crippen molar-refractivity contribution >= 4 is 29.2 Å². The number of nitrogens with one attached hydrogen (secondary N) is 1. The minimum atomic E-state index is -0.579. The Morgan fingerprint density at radius 1 is 1.36 bits per heavy atom. The molecule has 0 fully saturated rings. The van der Waals surface area contributed by atoms with Crippen LogP contribution in [0.4, 0.5) is 11.4 Å². The van der Waals surface area contributed by atoms with E-state index in [4.69, 9.17) is 21.1 Å². The summed E-state index contributed by atoms with van der Waals surface area (Å²) in [5.74, 6) is 0.381. The number of anilines is 1. The molecule has 1 N–H and O–H groups in total. The van der Waals surface area contributed by atoms with Gasteiger partial charge in [-0.3, -0.25) is 20.3 Å². The van der Waals surface area contributed by atoms with Crippen LogP contribution in [0.25, 0.3) is 0 Å². The maximum Gasteiger partial charge on any atom is 0.311 e. The normalized spacial score (nSPS) is 10.7. The van der Waals surface area contributed by atoms with Gasteiger partial charge in [-0.2, -0.15) is 10.2 Å². The van der Waals surface area contributed by atoms with Crippen LogP contribution in [-0.2, 0) is 7.05 Å². The fourth-order valence-electron chi connectivity index (χ4n) is 1.91. The number of rotatable bonds is 6. The van der Waals surface area contributed by atoms with E-state index in [1.807, 2.05) is 0 Å². The minimum absolute atomic E-state index is 0.0609. The lowest BCUT2D eigenvalue weighted by Crippen LogP contribution is -2.20. The summed E-state index contributed by atoms with van der Waals surface area (Å²) in [6.07, 6.45) is 2.62. The first-order valence-corrected chi connectivity index (χ1v) is 7.18. The van der Waals surface area contributed by atoms with E-state index in [-0.39, 0.29) is 22.1 Å². The quantitative estimate of drug-likeness (QED) is 0.469. The zero-order valence-electron chi connectivity index (χ0n) is 13.5. The van der Waals surface area contributed by atoms with Gasteiger partial charge in [-0.25, -0.2) is 4.68 Å². The van der Waals surface area contributed by atoms with E-state index in [0.717, 1.165) is 4.68 Å². The lowest BCUT2D eigenvalue weighted by atomic mass is 10.1. The van der Waals surface area contributed by atoms with Gasteiger partial charge in [0.1, 0.15) is 16.5 Å². The van der Waals surface area contributed by atoms with Crippen molar-refractivity contribution in [2.45, 2.75) is 0 Å². The Labute approximate surface area is 146 Å². The van der Waals surface area contributed by atoms with Crippen molar-refractivity contribution < 1.29 is 14.4 Å². The average molecular weight is 368 g/mol. The van der Waals surface area contributed by atoms with Gasteiger partial charge in [-0.1, -0.05) is 11.6 Å². The molecule has 25 heavy (non-hydrogen) atoms. The van der Waals surface area contributed by atoms with Crippen molar-refractivity contribution in [1.82, 2.24) is 9.78 Å². The van der Waals surface area contributed by atoms with Crippen molar-refractivity contribution in [2.24, 2.45) is 12.1 Å². The maximum atomic E-state index is 11.7. The molecule has 0 bridgehead atoms. The zero-order chi connectivity index (χ0) is 18.6. The topological polar surface area (TPSA) is 121 Å². The van der Waals surface area contributed by atoms with Crippen molar-refractivity contribution in [1.29, 1.82) is 0 Å². The molecule has 10 nitrogen and oxygen atoms in total. The van der Waals surface area contributed by atoms with Crippen LogP contribution in [0.1, 0.15) is 5.56 Å². The highest BCUT2D eigenvalue weighted by Gasteiger charge is 2.18. The number of hydrogen-bond donors (Lipinski definition) is 1. The Morgan fingerprint density at radius 3 is 2.64 bits per heavy atom. The molecule has 0 saturated heterocycles. The fourth-order valence-corrected chi connectivity index (χ4v) is 2.12. The number of hydrogen-bond acceptors (Lipinski definition) is 8. The van der Waals surface area contributed by atoms with E-state index in [9.17, 15) is 14.9 Å². The van der Waals surface area contributed by atoms with Gasteiger partial charge in [0.15, 0.2) is 0 Å². The third kappa shape index (κ3) is 3.86. The number of halogens is 1. The smallest absolute Gasteiger partial charge is 0.311 e. The number of aryl methyl sites for hydroxylation is 1. The molecule has 0 aliphatic rings.